The lowest BCUT2D eigenvalue weighted by atomic mass is 10.3. The van der Waals surface area contributed by atoms with E-state index in [0.717, 1.165) is 16.0 Å². The summed E-state index contributed by atoms with van der Waals surface area (Å²) in [4.78, 5) is 0. The Labute approximate surface area is 88.5 Å². The van der Waals surface area contributed by atoms with Crippen LogP contribution in [0.4, 0.5) is 0 Å². The molecule has 0 N–H and O–H groups in total. The molecule has 0 bridgehead atoms. The summed E-state index contributed by atoms with van der Waals surface area (Å²) >= 11 is 4.77. The highest BCUT2D eigenvalue weighted by molar-refractivity contribution is 9.10. The van der Waals surface area contributed by atoms with Gasteiger partial charge >= 0.3 is 0 Å². The van der Waals surface area contributed by atoms with E-state index in [1.165, 1.54) is 11.5 Å². The third-order valence-corrected chi connectivity index (χ3v) is 2.69. The normalized spacial score (nSPS) is 9.92. The van der Waals surface area contributed by atoms with Crippen LogP contribution in [0.1, 0.15) is 0 Å². The lowest BCUT2D eigenvalue weighted by molar-refractivity contribution is 0.481. The fourth-order valence-corrected chi connectivity index (χ4v) is 1.70. The van der Waals surface area contributed by atoms with Gasteiger partial charge in [-0.1, -0.05) is 12.1 Å². The predicted molar refractivity (Wildman–Crippen MR) is 56.3 cm³/mol. The van der Waals surface area contributed by atoms with Gasteiger partial charge in [0.1, 0.15) is 5.75 Å². The van der Waals surface area contributed by atoms with E-state index in [1.807, 2.05) is 29.6 Å². The van der Waals surface area contributed by atoms with E-state index in [9.17, 15) is 0 Å². The molecule has 13 heavy (non-hydrogen) atoms. The lowest BCUT2D eigenvalue weighted by Crippen LogP contribution is -1.81. The molecule has 0 aliphatic heterocycles. The Kier molecular flexibility index (Phi) is 2.61. The van der Waals surface area contributed by atoms with Gasteiger partial charge < -0.3 is 4.74 Å². The summed E-state index contributed by atoms with van der Waals surface area (Å²) in [6, 6.07) is 7.72. The van der Waals surface area contributed by atoms with Crippen molar-refractivity contribution in [2.45, 2.75) is 0 Å². The van der Waals surface area contributed by atoms with E-state index in [1.54, 1.807) is 6.20 Å². The maximum atomic E-state index is 5.55. The summed E-state index contributed by atoms with van der Waals surface area (Å²) < 4.78 is 10.4. The molecule has 2 nitrogen and oxygen atoms in total. The third kappa shape index (κ3) is 2.08. The van der Waals surface area contributed by atoms with Crippen LogP contribution in [-0.2, 0) is 0 Å². The summed E-state index contributed by atoms with van der Waals surface area (Å²) in [6.07, 6.45) is 1.70. The summed E-state index contributed by atoms with van der Waals surface area (Å²) in [5, 5.41) is 1.86. The summed E-state index contributed by atoms with van der Waals surface area (Å²) in [6.45, 7) is 0. The smallest absolute Gasteiger partial charge is 0.158 e. The van der Waals surface area contributed by atoms with Crippen molar-refractivity contribution < 1.29 is 4.74 Å². The summed E-state index contributed by atoms with van der Waals surface area (Å²) in [7, 11) is 0. The number of nitrogens with zero attached hydrogens (tertiary/aromatic N) is 1. The SMILES string of the molecule is Brc1ccccc1Oc1cnsc1. The Morgan fingerprint density at radius 2 is 2.15 bits per heavy atom. The fourth-order valence-electron chi connectivity index (χ4n) is 0.900. The molecule has 1 heterocycles. The van der Waals surface area contributed by atoms with Crippen LogP contribution in [0.15, 0.2) is 40.3 Å². The van der Waals surface area contributed by atoms with Crippen LogP contribution in [0.5, 0.6) is 11.5 Å². The van der Waals surface area contributed by atoms with Crippen molar-refractivity contribution in [3.63, 3.8) is 0 Å². The van der Waals surface area contributed by atoms with Gasteiger partial charge in [0.2, 0.25) is 0 Å². The Bertz CT molecular complexity index is 388. The average molecular weight is 256 g/mol. The van der Waals surface area contributed by atoms with Crippen LogP contribution in [-0.4, -0.2) is 4.37 Å². The van der Waals surface area contributed by atoms with Crippen molar-refractivity contribution in [3.05, 3.63) is 40.3 Å². The molecule has 0 fully saturated rings. The first-order chi connectivity index (χ1) is 6.36. The van der Waals surface area contributed by atoms with Gasteiger partial charge in [-0.25, -0.2) is 0 Å². The Balaban J connectivity index is 2.24. The summed E-state index contributed by atoms with van der Waals surface area (Å²) in [5.74, 6) is 1.58. The highest BCUT2D eigenvalue weighted by Crippen LogP contribution is 2.29. The maximum absolute atomic E-state index is 5.55. The molecule has 2 rings (SSSR count). The monoisotopic (exact) mass is 255 g/mol. The number of para-hydroxylation sites is 1. The molecule has 2 aromatic rings. The molecule has 0 saturated heterocycles. The van der Waals surface area contributed by atoms with E-state index < -0.39 is 0 Å². The summed E-state index contributed by atoms with van der Waals surface area (Å²) in [5.41, 5.74) is 0. The number of benzene rings is 1. The zero-order valence-corrected chi connectivity index (χ0v) is 9.01. The van der Waals surface area contributed by atoms with Crippen molar-refractivity contribution in [2.75, 3.05) is 0 Å². The van der Waals surface area contributed by atoms with Crippen LogP contribution < -0.4 is 4.74 Å². The quantitative estimate of drug-likeness (QED) is 0.817. The maximum Gasteiger partial charge on any atom is 0.158 e. The van der Waals surface area contributed by atoms with Gasteiger partial charge in [-0.05, 0) is 39.6 Å². The Morgan fingerprint density at radius 3 is 2.85 bits per heavy atom. The molecule has 0 unspecified atom stereocenters. The second kappa shape index (κ2) is 3.89. The van der Waals surface area contributed by atoms with Crippen molar-refractivity contribution in [1.29, 1.82) is 0 Å². The molecule has 4 heteroatoms. The first-order valence-electron chi connectivity index (χ1n) is 3.68. The van der Waals surface area contributed by atoms with Gasteiger partial charge in [-0.3, -0.25) is 0 Å². The standard InChI is InChI=1S/C9H6BrNOS/c10-8-3-1-2-4-9(8)12-7-5-11-13-6-7/h1-6H. The van der Waals surface area contributed by atoms with Gasteiger partial charge in [0.05, 0.1) is 16.0 Å². The number of ether oxygens (including phenoxy) is 1. The minimum Gasteiger partial charge on any atom is -0.454 e. The minimum absolute atomic E-state index is 0.775. The minimum atomic E-state index is 0.775. The molecule has 66 valence electrons. The molecule has 0 saturated carbocycles. The number of hydrogen-bond donors (Lipinski definition) is 0. The molecule has 1 aromatic heterocycles. The van der Waals surface area contributed by atoms with E-state index in [2.05, 4.69) is 20.3 Å². The zero-order chi connectivity index (χ0) is 9.10. The Hall–Kier alpha value is -0.870. The molecule has 1 aromatic carbocycles. The molecule has 0 aliphatic rings. The van der Waals surface area contributed by atoms with E-state index in [4.69, 9.17) is 4.74 Å². The fraction of sp³-hybridized carbons (Fsp3) is 0. The highest BCUT2D eigenvalue weighted by atomic mass is 79.9. The third-order valence-electron chi connectivity index (χ3n) is 1.47. The molecular formula is C9H6BrNOS. The molecule has 0 amide bonds. The number of aromatic nitrogens is 1. The molecular weight excluding hydrogens is 250 g/mol. The van der Waals surface area contributed by atoms with Crippen molar-refractivity contribution in [3.8, 4) is 11.5 Å². The average Bonchev–Trinajstić information content (AvgIpc) is 2.61. The first kappa shape index (κ1) is 8.72. The van der Waals surface area contributed by atoms with Gasteiger partial charge in [0.25, 0.3) is 0 Å². The van der Waals surface area contributed by atoms with Gasteiger partial charge in [-0.2, -0.15) is 4.37 Å². The predicted octanol–water partition coefficient (Wildman–Crippen LogP) is 3.70. The Morgan fingerprint density at radius 1 is 1.31 bits per heavy atom. The van der Waals surface area contributed by atoms with Crippen LogP contribution >= 0.6 is 27.5 Å². The number of rotatable bonds is 2. The van der Waals surface area contributed by atoms with Gasteiger partial charge in [0.15, 0.2) is 5.75 Å². The van der Waals surface area contributed by atoms with Gasteiger partial charge in [-0.15, -0.1) is 0 Å². The van der Waals surface area contributed by atoms with Gasteiger partial charge in [0, 0.05) is 0 Å². The lowest BCUT2D eigenvalue weighted by Gasteiger charge is -2.03. The van der Waals surface area contributed by atoms with E-state index in [-0.39, 0.29) is 0 Å². The second-order valence-electron chi connectivity index (χ2n) is 2.39. The van der Waals surface area contributed by atoms with Crippen molar-refractivity contribution in [2.24, 2.45) is 0 Å². The topological polar surface area (TPSA) is 22.1 Å². The molecule has 0 radical (unpaired) electrons. The van der Waals surface area contributed by atoms with E-state index in [0.29, 0.717) is 0 Å². The molecule has 0 aliphatic carbocycles. The van der Waals surface area contributed by atoms with Crippen LogP contribution in [0.2, 0.25) is 0 Å². The highest BCUT2D eigenvalue weighted by Gasteiger charge is 2.01. The second-order valence-corrected chi connectivity index (χ2v) is 3.90. The van der Waals surface area contributed by atoms with Crippen LogP contribution in [0.25, 0.3) is 0 Å². The van der Waals surface area contributed by atoms with Crippen LogP contribution in [0, 0.1) is 0 Å². The van der Waals surface area contributed by atoms with Crippen molar-refractivity contribution >= 4 is 27.5 Å². The number of hydrogen-bond acceptors (Lipinski definition) is 3. The zero-order valence-electron chi connectivity index (χ0n) is 6.61. The first-order valence-corrected chi connectivity index (χ1v) is 5.31. The largest absolute Gasteiger partial charge is 0.454 e. The number of halogens is 1. The van der Waals surface area contributed by atoms with Crippen molar-refractivity contribution in [1.82, 2.24) is 4.37 Å². The van der Waals surface area contributed by atoms with Crippen LogP contribution in [0.3, 0.4) is 0 Å². The molecule has 0 atom stereocenters. The molecule has 0 spiro atoms. The van der Waals surface area contributed by atoms with E-state index >= 15 is 0 Å².